The minimum Gasteiger partial charge on any atom is -0.508 e. The van der Waals surface area contributed by atoms with E-state index in [1.807, 2.05) is 31.5 Å². The van der Waals surface area contributed by atoms with Gasteiger partial charge in [0.1, 0.15) is 17.2 Å². The second-order valence-electron chi connectivity index (χ2n) is 7.93. The average Bonchev–Trinajstić information content (AvgIpc) is 2.81. The van der Waals surface area contributed by atoms with Crippen molar-refractivity contribution >= 4 is 22.7 Å². The summed E-state index contributed by atoms with van der Waals surface area (Å²) >= 11 is 0. The fourth-order valence-electron chi connectivity index (χ4n) is 4.12. The summed E-state index contributed by atoms with van der Waals surface area (Å²) in [6.07, 6.45) is 9.15. The van der Waals surface area contributed by atoms with Crippen molar-refractivity contribution in [3.8, 4) is 11.5 Å². The lowest BCUT2D eigenvalue weighted by Crippen LogP contribution is -2.57. The standard InChI is InChI=1S/C24H26N2O2/c1-6-7-8-9-20-16(2)23(3,4)24(26(20)5)15-25-22-19-14-18(27)12-10-17(19)11-13-21(22)28-24/h7-15,27H,2,6H2,1,3-5H3/b8-7-,20-9+. The zero-order valence-electron chi connectivity index (χ0n) is 16.9. The van der Waals surface area contributed by atoms with Crippen LogP contribution >= 0.6 is 0 Å². The first-order valence-electron chi connectivity index (χ1n) is 9.62. The maximum Gasteiger partial charge on any atom is 0.228 e. The Balaban J connectivity index is 1.85. The fraction of sp³-hybridized carbons (Fsp3) is 0.292. The van der Waals surface area contributed by atoms with Crippen molar-refractivity contribution in [3.05, 3.63) is 66.4 Å². The lowest BCUT2D eigenvalue weighted by atomic mass is 9.78. The highest BCUT2D eigenvalue weighted by molar-refractivity contribution is 5.99. The summed E-state index contributed by atoms with van der Waals surface area (Å²) in [6, 6.07) is 9.26. The SMILES string of the molecule is C=C1/C(=C\C=C/CC)N(C)C2(C=Nc3c(ccc4ccc(O)cc34)O2)C1(C)C. The third-order valence-electron chi connectivity index (χ3n) is 6.02. The van der Waals surface area contributed by atoms with Gasteiger partial charge in [0.2, 0.25) is 5.72 Å². The first-order chi connectivity index (χ1) is 13.3. The zero-order valence-corrected chi connectivity index (χ0v) is 16.9. The molecule has 28 heavy (non-hydrogen) atoms. The summed E-state index contributed by atoms with van der Waals surface area (Å²) in [5, 5.41) is 11.8. The minimum atomic E-state index is -0.756. The number of hydrogen-bond donors (Lipinski definition) is 1. The summed E-state index contributed by atoms with van der Waals surface area (Å²) in [4.78, 5) is 6.94. The molecule has 1 saturated heterocycles. The molecular weight excluding hydrogens is 348 g/mol. The average molecular weight is 374 g/mol. The Morgan fingerprint density at radius 2 is 2.00 bits per heavy atom. The van der Waals surface area contributed by atoms with Crippen molar-refractivity contribution in [1.29, 1.82) is 0 Å². The molecule has 2 aliphatic heterocycles. The normalized spacial score (nSPS) is 24.5. The van der Waals surface area contributed by atoms with E-state index in [4.69, 9.17) is 9.73 Å². The lowest BCUT2D eigenvalue weighted by molar-refractivity contribution is -0.0313. The van der Waals surface area contributed by atoms with E-state index in [1.165, 1.54) is 0 Å². The van der Waals surface area contributed by atoms with E-state index < -0.39 is 5.72 Å². The van der Waals surface area contributed by atoms with Crippen LogP contribution in [0.25, 0.3) is 10.8 Å². The van der Waals surface area contributed by atoms with E-state index in [2.05, 4.69) is 50.5 Å². The van der Waals surface area contributed by atoms with Gasteiger partial charge in [0, 0.05) is 18.1 Å². The van der Waals surface area contributed by atoms with Gasteiger partial charge in [-0.3, -0.25) is 4.99 Å². The summed E-state index contributed by atoms with van der Waals surface area (Å²) in [5.74, 6) is 0.926. The Labute approximate surface area is 166 Å². The molecule has 1 spiro atoms. The fourth-order valence-corrected chi connectivity index (χ4v) is 4.12. The van der Waals surface area contributed by atoms with Crippen molar-refractivity contribution in [2.45, 2.75) is 32.9 Å². The van der Waals surface area contributed by atoms with Crippen LogP contribution in [-0.2, 0) is 0 Å². The van der Waals surface area contributed by atoms with Crippen molar-refractivity contribution in [3.63, 3.8) is 0 Å². The molecular formula is C24H26N2O2. The number of phenolic OH excluding ortho intramolecular Hbond substituents is 1. The topological polar surface area (TPSA) is 45.1 Å². The molecule has 0 bridgehead atoms. The number of allylic oxidation sites excluding steroid dienone is 4. The number of nitrogens with zero attached hydrogens (tertiary/aromatic N) is 2. The van der Waals surface area contributed by atoms with E-state index in [0.717, 1.165) is 34.2 Å². The zero-order chi connectivity index (χ0) is 20.1. The molecule has 1 N–H and O–H groups in total. The molecule has 4 heteroatoms. The van der Waals surface area contributed by atoms with E-state index in [-0.39, 0.29) is 11.2 Å². The van der Waals surface area contributed by atoms with Gasteiger partial charge < -0.3 is 14.7 Å². The highest BCUT2D eigenvalue weighted by Crippen LogP contribution is 2.55. The summed E-state index contributed by atoms with van der Waals surface area (Å²) in [6.45, 7) is 10.8. The third-order valence-corrected chi connectivity index (χ3v) is 6.02. The van der Waals surface area contributed by atoms with Crippen LogP contribution in [0.2, 0.25) is 0 Å². The Morgan fingerprint density at radius 1 is 1.25 bits per heavy atom. The number of ether oxygens (including phenoxy) is 1. The van der Waals surface area contributed by atoms with Gasteiger partial charge in [-0.15, -0.1) is 0 Å². The van der Waals surface area contributed by atoms with Crippen LogP contribution in [-0.4, -0.2) is 29.0 Å². The smallest absolute Gasteiger partial charge is 0.228 e. The Hall–Kier alpha value is -3.01. The largest absolute Gasteiger partial charge is 0.508 e. The van der Waals surface area contributed by atoms with Crippen LogP contribution in [0.15, 0.2) is 71.4 Å². The van der Waals surface area contributed by atoms with Gasteiger partial charge in [0.15, 0.2) is 0 Å². The van der Waals surface area contributed by atoms with Gasteiger partial charge in [0.05, 0.1) is 11.6 Å². The quantitative estimate of drug-likeness (QED) is 0.732. The van der Waals surface area contributed by atoms with Gasteiger partial charge in [0.25, 0.3) is 0 Å². The van der Waals surface area contributed by atoms with Gasteiger partial charge >= 0.3 is 0 Å². The number of hydrogen-bond acceptors (Lipinski definition) is 4. The van der Waals surface area contributed by atoms with Gasteiger partial charge in [-0.1, -0.05) is 37.8 Å². The molecule has 2 aromatic rings. The number of likely N-dealkylation sites (tertiary alicyclic amines) is 1. The number of benzene rings is 2. The van der Waals surface area contributed by atoms with E-state index in [9.17, 15) is 5.11 Å². The second kappa shape index (κ2) is 6.26. The molecule has 2 aromatic carbocycles. The Bertz CT molecular complexity index is 1060. The minimum absolute atomic E-state index is 0.219. The molecule has 1 fully saturated rings. The van der Waals surface area contributed by atoms with Crippen LogP contribution in [0.5, 0.6) is 11.5 Å². The van der Waals surface area contributed by atoms with Crippen molar-refractivity contribution in [1.82, 2.24) is 4.90 Å². The molecule has 0 aliphatic carbocycles. The number of likely N-dealkylation sites (N-methyl/N-ethyl adjacent to an activating group) is 1. The second-order valence-corrected chi connectivity index (χ2v) is 7.93. The monoisotopic (exact) mass is 374 g/mol. The van der Waals surface area contributed by atoms with Gasteiger partial charge in [-0.2, -0.15) is 0 Å². The number of aromatic hydroxyl groups is 1. The predicted molar refractivity (Wildman–Crippen MR) is 115 cm³/mol. The van der Waals surface area contributed by atoms with E-state index in [1.54, 1.807) is 12.1 Å². The molecule has 0 aromatic heterocycles. The molecule has 1 atom stereocenters. The highest BCUT2D eigenvalue weighted by Gasteiger charge is 2.59. The Kier molecular flexibility index (Phi) is 4.11. The number of fused-ring (bicyclic) bond motifs is 3. The maximum atomic E-state index is 9.91. The number of aliphatic imine (C=N–C) groups is 1. The molecule has 4 rings (SSSR count). The molecule has 0 saturated carbocycles. The Morgan fingerprint density at radius 3 is 2.75 bits per heavy atom. The molecule has 0 radical (unpaired) electrons. The van der Waals surface area contributed by atoms with Gasteiger partial charge in [-0.25, -0.2) is 0 Å². The summed E-state index contributed by atoms with van der Waals surface area (Å²) in [5.41, 5.74) is 1.68. The summed E-state index contributed by atoms with van der Waals surface area (Å²) in [7, 11) is 2.02. The first-order valence-corrected chi connectivity index (χ1v) is 9.62. The van der Waals surface area contributed by atoms with Crippen LogP contribution in [0.4, 0.5) is 5.69 Å². The predicted octanol–water partition coefficient (Wildman–Crippen LogP) is 5.71. The molecule has 1 unspecified atom stereocenters. The molecule has 0 amide bonds. The van der Waals surface area contributed by atoms with Crippen molar-refractivity contribution in [2.75, 3.05) is 7.05 Å². The maximum absolute atomic E-state index is 9.91. The molecule has 2 heterocycles. The number of rotatable bonds is 2. The van der Waals surface area contributed by atoms with E-state index in [0.29, 0.717) is 5.75 Å². The highest BCUT2D eigenvalue weighted by atomic mass is 16.5. The van der Waals surface area contributed by atoms with Crippen LogP contribution in [0, 0.1) is 5.41 Å². The van der Waals surface area contributed by atoms with Crippen LogP contribution < -0.4 is 4.74 Å². The van der Waals surface area contributed by atoms with E-state index >= 15 is 0 Å². The van der Waals surface area contributed by atoms with Crippen molar-refractivity contribution < 1.29 is 9.84 Å². The van der Waals surface area contributed by atoms with Crippen molar-refractivity contribution in [2.24, 2.45) is 10.4 Å². The molecule has 144 valence electrons. The van der Waals surface area contributed by atoms with Crippen LogP contribution in [0.3, 0.4) is 0 Å². The third kappa shape index (κ3) is 2.40. The number of phenols is 1. The lowest BCUT2D eigenvalue weighted by Gasteiger charge is -2.44. The summed E-state index contributed by atoms with van der Waals surface area (Å²) < 4.78 is 6.63. The first kappa shape index (κ1) is 18.4. The van der Waals surface area contributed by atoms with Gasteiger partial charge in [-0.05, 0) is 55.5 Å². The van der Waals surface area contributed by atoms with Crippen LogP contribution in [0.1, 0.15) is 27.2 Å². The molecule has 4 nitrogen and oxygen atoms in total. The molecule has 2 aliphatic rings.